The molecule has 1 aromatic carbocycles. The topological polar surface area (TPSA) is 75.6 Å². The molecule has 0 aliphatic rings. The summed E-state index contributed by atoms with van der Waals surface area (Å²) in [5.74, 6) is -1.37. The summed E-state index contributed by atoms with van der Waals surface area (Å²) in [5.41, 5.74) is -0.214. The molecule has 0 unspecified atom stereocenters. The molecule has 1 rings (SSSR count). The van der Waals surface area contributed by atoms with Crippen LogP contribution in [0.3, 0.4) is 0 Å². The SMILES string of the molecule is COC(C)(C)CC(=O)Nc1cc(Cl)cc(C(=O)O)c1. The molecule has 19 heavy (non-hydrogen) atoms. The molecule has 0 aliphatic heterocycles. The van der Waals surface area contributed by atoms with Gasteiger partial charge in [0.2, 0.25) is 5.91 Å². The minimum atomic E-state index is -1.10. The largest absolute Gasteiger partial charge is 0.478 e. The maximum atomic E-state index is 11.8. The Kier molecular flexibility index (Phi) is 4.91. The highest BCUT2D eigenvalue weighted by Gasteiger charge is 2.21. The van der Waals surface area contributed by atoms with E-state index in [0.29, 0.717) is 5.69 Å². The van der Waals surface area contributed by atoms with Crippen LogP contribution in [0.4, 0.5) is 5.69 Å². The lowest BCUT2D eigenvalue weighted by Crippen LogP contribution is -2.29. The predicted molar refractivity (Wildman–Crippen MR) is 72.7 cm³/mol. The Bertz CT molecular complexity index is 499. The van der Waals surface area contributed by atoms with Crippen LogP contribution in [-0.2, 0) is 9.53 Å². The lowest BCUT2D eigenvalue weighted by Gasteiger charge is -2.22. The first kappa shape index (κ1) is 15.5. The van der Waals surface area contributed by atoms with Gasteiger partial charge in [-0.3, -0.25) is 4.79 Å². The van der Waals surface area contributed by atoms with Gasteiger partial charge in [0.05, 0.1) is 17.6 Å². The van der Waals surface area contributed by atoms with E-state index in [1.807, 2.05) is 0 Å². The molecule has 0 heterocycles. The van der Waals surface area contributed by atoms with Crippen molar-refractivity contribution in [2.45, 2.75) is 25.9 Å². The molecule has 0 atom stereocenters. The lowest BCUT2D eigenvalue weighted by molar-refractivity contribution is -0.121. The van der Waals surface area contributed by atoms with Gasteiger partial charge in [0.15, 0.2) is 0 Å². The lowest BCUT2D eigenvalue weighted by atomic mass is 10.0. The Hall–Kier alpha value is -1.59. The van der Waals surface area contributed by atoms with E-state index < -0.39 is 11.6 Å². The number of ether oxygens (including phenoxy) is 1. The number of hydrogen-bond acceptors (Lipinski definition) is 3. The molecule has 0 saturated heterocycles. The number of anilines is 1. The first-order valence-electron chi connectivity index (χ1n) is 5.62. The molecule has 0 saturated carbocycles. The summed E-state index contributed by atoms with van der Waals surface area (Å²) < 4.78 is 5.15. The van der Waals surface area contributed by atoms with Crippen molar-refractivity contribution in [2.75, 3.05) is 12.4 Å². The van der Waals surface area contributed by atoms with E-state index in [4.69, 9.17) is 21.4 Å². The number of halogens is 1. The van der Waals surface area contributed by atoms with Crippen molar-refractivity contribution in [1.29, 1.82) is 0 Å². The summed E-state index contributed by atoms with van der Waals surface area (Å²) in [5, 5.41) is 11.8. The van der Waals surface area contributed by atoms with Crippen molar-refractivity contribution in [2.24, 2.45) is 0 Å². The maximum absolute atomic E-state index is 11.8. The number of benzene rings is 1. The highest BCUT2D eigenvalue weighted by molar-refractivity contribution is 6.31. The van der Waals surface area contributed by atoms with E-state index in [2.05, 4.69) is 5.32 Å². The molecule has 0 aliphatic carbocycles. The van der Waals surface area contributed by atoms with Gasteiger partial charge in [-0.05, 0) is 32.0 Å². The minimum Gasteiger partial charge on any atom is -0.478 e. The number of carboxylic acid groups (broad SMARTS) is 1. The van der Waals surface area contributed by atoms with Gasteiger partial charge in [0.1, 0.15) is 0 Å². The van der Waals surface area contributed by atoms with Crippen molar-refractivity contribution in [1.82, 2.24) is 0 Å². The van der Waals surface area contributed by atoms with Crippen molar-refractivity contribution in [3.63, 3.8) is 0 Å². The summed E-state index contributed by atoms with van der Waals surface area (Å²) in [7, 11) is 1.52. The predicted octanol–water partition coefficient (Wildman–Crippen LogP) is 2.79. The van der Waals surface area contributed by atoms with Crippen LogP contribution < -0.4 is 5.32 Å². The fraction of sp³-hybridized carbons (Fsp3) is 0.385. The van der Waals surface area contributed by atoms with Gasteiger partial charge >= 0.3 is 5.97 Å². The fourth-order valence-electron chi connectivity index (χ4n) is 1.45. The molecule has 5 nitrogen and oxygen atoms in total. The summed E-state index contributed by atoms with van der Waals surface area (Å²) >= 11 is 5.80. The van der Waals surface area contributed by atoms with Crippen LogP contribution in [0.2, 0.25) is 5.02 Å². The molecule has 0 bridgehead atoms. The van der Waals surface area contributed by atoms with Crippen LogP contribution in [0.15, 0.2) is 18.2 Å². The average Bonchev–Trinajstić information content (AvgIpc) is 2.27. The molecule has 0 fully saturated rings. The third-order valence-corrected chi connectivity index (χ3v) is 2.79. The molecule has 0 aromatic heterocycles. The maximum Gasteiger partial charge on any atom is 0.335 e. The Balaban J connectivity index is 2.82. The van der Waals surface area contributed by atoms with Crippen LogP contribution in [0.1, 0.15) is 30.6 Å². The summed E-state index contributed by atoms with van der Waals surface area (Å²) in [4.78, 5) is 22.7. The van der Waals surface area contributed by atoms with Gasteiger partial charge < -0.3 is 15.2 Å². The molecular weight excluding hydrogens is 270 g/mol. The van der Waals surface area contributed by atoms with E-state index in [9.17, 15) is 9.59 Å². The molecule has 1 aromatic rings. The Labute approximate surface area is 116 Å². The van der Waals surface area contributed by atoms with Crippen LogP contribution in [0.25, 0.3) is 0 Å². The highest BCUT2D eigenvalue weighted by Crippen LogP contribution is 2.20. The normalized spacial score (nSPS) is 11.2. The third kappa shape index (κ3) is 4.89. The number of aromatic carboxylic acids is 1. The number of nitrogens with one attached hydrogen (secondary N) is 1. The van der Waals surface area contributed by atoms with Crippen LogP contribution in [0.5, 0.6) is 0 Å². The number of hydrogen-bond donors (Lipinski definition) is 2. The first-order valence-corrected chi connectivity index (χ1v) is 6.00. The van der Waals surface area contributed by atoms with Gasteiger partial charge in [0, 0.05) is 17.8 Å². The van der Waals surface area contributed by atoms with Crippen molar-refractivity contribution >= 4 is 29.2 Å². The molecule has 6 heteroatoms. The zero-order chi connectivity index (χ0) is 14.6. The molecule has 2 N–H and O–H groups in total. The molecule has 0 radical (unpaired) electrons. The van der Waals surface area contributed by atoms with Crippen molar-refractivity contribution < 1.29 is 19.4 Å². The van der Waals surface area contributed by atoms with Gasteiger partial charge in [-0.2, -0.15) is 0 Å². The molecule has 104 valence electrons. The average molecular weight is 286 g/mol. The number of carbonyl (C=O) groups is 2. The summed E-state index contributed by atoms with van der Waals surface area (Å²) in [6.45, 7) is 3.57. The van der Waals surface area contributed by atoms with Gasteiger partial charge in [-0.1, -0.05) is 11.6 Å². The Morgan fingerprint density at radius 2 is 2.00 bits per heavy atom. The van der Waals surface area contributed by atoms with Crippen LogP contribution >= 0.6 is 11.6 Å². The van der Waals surface area contributed by atoms with E-state index >= 15 is 0 Å². The zero-order valence-electron chi connectivity index (χ0n) is 11.0. The number of methoxy groups -OCH3 is 1. The fourth-order valence-corrected chi connectivity index (χ4v) is 1.68. The van der Waals surface area contributed by atoms with Gasteiger partial charge in [0.25, 0.3) is 0 Å². The van der Waals surface area contributed by atoms with Crippen LogP contribution in [-0.4, -0.2) is 29.7 Å². The van der Waals surface area contributed by atoms with E-state index in [-0.39, 0.29) is 22.9 Å². The Morgan fingerprint density at radius 3 is 2.53 bits per heavy atom. The third-order valence-electron chi connectivity index (χ3n) is 2.57. The quantitative estimate of drug-likeness (QED) is 0.872. The minimum absolute atomic E-state index is 0.0220. The second kappa shape index (κ2) is 6.04. The number of rotatable bonds is 5. The van der Waals surface area contributed by atoms with E-state index in [0.717, 1.165) is 0 Å². The van der Waals surface area contributed by atoms with Crippen molar-refractivity contribution in [3.8, 4) is 0 Å². The van der Waals surface area contributed by atoms with Gasteiger partial charge in [-0.25, -0.2) is 4.79 Å². The molecule has 0 spiro atoms. The number of carbonyl (C=O) groups excluding carboxylic acids is 1. The van der Waals surface area contributed by atoms with Gasteiger partial charge in [-0.15, -0.1) is 0 Å². The Morgan fingerprint density at radius 1 is 1.37 bits per heavy atom. The smallest absolute Gasteiger partial charge is 0.335 e. The van der Waals surface area contributed by atoms with E-state index in [1.54, 1.807) is 13.8 Å². The molecular formula is C13H16ClNO4. The summed E-state index contributed by atoms with van der Waals surface area (Å²) in [6, 6.07) is 4.16. The van der Waals surface area contributed by atoms with Crippen molar-refractivity contribution in [3.05, 3.63) is 28.8 Å². The second-order valence-electron chi connectivity index (χ2n) is 4.72. The first-order chi connectivity index (χ1) is 8.73. The van der Waals surface area contributed by atoms with Crippen LogP contribution in [0, 0.1) is 0 Å². The number of carboxylic acids is 1. The highest BCUT2D eigenvalue weighted by atomic mass is 35.5. The van der Waals surface area contributed by atoms with E-state index in [1.165, 1.54) is 25.3 Å². The zero-order valence-corrected chi connectivity index (χ0v) is 11.7. The standard InChI is InChI=1S/C13H16ClNO4/c1-13(2,19-3)7-11(16)15-10-5-8(12(17)18)4-9(14)6-10/h4-6H,7H2,1-3H3,(H,15,16)(H,17,18). The summed E-state index contributed by atoms with van der Waals surface area (Å²) in [6.07, 6.45) is 0.151. The number of amides is 1. The monoisotopic (exact) mass is 285 g/mol. The molecule has 1 amide bonds. The second-order valence-corrected chi connectivity index (χ2v) is 5.16.